The van der Waals surface area contributed by atoms with Crippen LogP contribution in [0.5, 0.6) is 0 Å². The summed E-state index contributed by atoms with van der Waals surface area (Å²) >= 11 is 3.38. The molecule has 8 nitrogen and oxygen atoms in total. The van der Waals surface area contributed by atoms with Crippen molar-refractivity contribution in [3.63, 3.8) is 0 Å². The highest BCUT2D eigenvalue weighted by molar-refractivity contribution is 9.10. The molecule has 3 heterocycles. The van der Waals surface area contributed by atoms with Gasteiger partial charge in [-0.3, -0.25) is 19.2 Å². The number of ether oxygens (including phenoxy) is 3. The van der Waals surface area contributed by atoms with Crippen LogP contribution in [0.3, 0.4) is 0 Å². The Bertz CT molecular complexity index is 959. The minimum absolute atomic E-state index is 0.409. The first-order chi connectivity index (χ1) is 13.6. The lowest BCUT2D eigenvalue weighted by atomic mass is 9.72. The molecule has 4 atom stereocenters. The molecule has 0 aliphatic carbocycles. The molecule has 29 heavy (non-hydrogen) atoms. The molecule has 0 radical (unpaired) electrons. The third-order valence-electron chi connectivity index (χ3n) is 5.49. The Hall–Kier alpha value is -2.52. The second kappa shape index (κ2) is 6.50. The number of amides is 2. The molecule has 2 amide bonds. The summed E-state index contributed by atoms with van der Waals surface area (Å²) < 4.78 is 17.1. The van der Waals surface area contributed by atoms with E-state index in [2.05, 4.69) is 15.9 Å². The van der Waals surface area contributed by atoms with Gasteiger partial charge in [-0.2, -0.15) is 0 Å². The van der Waals surface area contributed by atoms with Gasteiger partial charge in [0.05, 0.1) is 23.1 Å². The topological polar surface area (TPSA) is 99.2 Å². The Balaban J connectivity index is 1.81. The number of imide groups is 1. The van der Waals surface area contributed by atoms with Gasteiger partial charge in [0.15, 0.2) is 5.60 Å². The van der Waals surface area contributed by atoms with Crippen LogP contribution in [-0.2, 0) is 33.4 Å². The Morgan fingerprint density at radius 2 is 1.66 bits per heavy atom. The van der Waals surface area contributed by atoms with Crippen molar-refractivity contribution >= 4 is 45.4 Å². The van der Waals surface area contributed by atoms with Crippen LogP contribution < -0.4 is 4.90 Å². The molecule has 0 unspecified atom stereocenters. The SMILES string of the molecule is CC(=O)OC(OC(C)=O)[C@@]12C=C[C@@](C)(O1)[C@@H]1C(=O)N(c3ccccc3Br)C(=O)[C@H]12. The van der Waals surface area contributed by atoms with E-state index in [1.54, 1.807) is 43.3 Å². The second-order valence-corrected chi connectivity index (χ2v) is 8.30. The summed E-state index contributed by atoms with van der Waals surface area (Å²) in [5.41, 5.74) is -2.28. The zero-order chi connectivity index (χ0) is 21.1. The molecule has 1 aromatic carbocycles. The minimum Gasteiger partial charge on any atom is -0.422 e. The molecule has 0 spiro atoms. The Labute approximate surface area is 174 Å². The van der Waals surface area contributed by atoms with Crippen molar-refractivity contribution in [2.75, 3.05) is 4.90 Å². The Morgan fingerprint density at radius 1 is 1.07 bits per heavy atom. The number of fused-ring (bicyclic) bond motifs is 5. The van der Waals surface area contributed by atoms with Crippen LogP contribution in [0.1, 0.15) is 20.8 Å². The van der Waals surface area contributed by atoms with Crippen LogP contribution in [-0.4, -0.2) is 41.2 Å². The monoisotopic (exact) mass is 463 g/mol. The van der Waals surface area contributed by atoms with Crippen molar-refractivity contribution in [1.29, 1.82) is 0 Å². The molecular weight excluding hydrogens is 446 g/mol. The van der Waals surface area contributed by atoms with E-state index in [-0.39, 0.29) is 0 Å². The molecule has 152 valence electrons. The number of hydrogen-bond acceptors (Lipinski definition) is 7. The molecule has 3 aliphatic heterocycles. The molecule has 2 saturated heterocycles. The summed E-state index contributed by atoms with van der Waals surface area (Å²) in [5.74, 6) is -4.21. The number of esters is 2. The van der Waals surface area contributed by atoms with Crippen LogP contribution in [0.2, 0.25) is 0 Å². The van der Waals surface area contributed by atoms with Gasteiger partial charge in [0.2, 0.25) is 11.8 Å². The van der Waals surface area contributed by atoms with E-state index in [0.29, 0.717) is 10.2 Å². The van der Waals surface area contributed by atoms with Crippen LogP contribution in [0, 0.1) is 11.8 Å². The van der Waals surface area contributed by atoms with Crippen molar-refractivity contribution in [1.82, 2.24) is 0 Å². The number of carbonyl (C=O) groups excluding carboxylic acids is 4. The van der Waals surface area contributed by atoms with Gasteiger partial charge in [0, 0.05) is 18.3 Å². The largest absolute Gasteiger partial charge is 0.422 e. The second-order valence-electron chi connectivity index (χ2n) is 7.44. The molecule has 0 aromatic heterocycles. The van der Waals surface area contributed by atoms with Gasteiger partial charge >= 0.3 is 11.9 Å². The first kappa shape index (κ1) is 19.8. The van der Waals surface area contributed by atoms with Crippen molar-refractivity contribution in [2.45, 2.75) is 38.3 Å². The maximum atomic E-state index is 13.5. The first-order valence-corrected chi connectivity index (χ1v) is 9.77. The van der Waals surface area contributed by atoms with E-state index in [0.717, 1.165) is 18.7 Å². The number of para-hydroxylation sites is 1. The average molecular weight is 464 g/mol. The van der Waals surface area contributed by atoms with Crippen molar-refractivity contribution in [2.24, 2.45) is 11.8 Å². The van der Waals surface area contributed by atoms with Crippen LogP contribution in [0.25, 0.3) is 0 Å². The van der Waals surface area contributed by atoms with E-state index < -0.39 is 53.1 Å². The first-order valence-electron chi connectivity index (χ1n) is 8.98. The number of rotatable bonds is 4. The van der Waals surface area contributed by atoms with E-state index in [1.165, 1.54) is 0 Å². The van der Waals surface area contributed by atoms with Crippen LogP contribution >= 0.6 is 15.9 Å². The van der Waals surface area contributed by atoms with Gasteiger partial charge in [-0.25, -0.2) is 4.90 Å². The predicted octanol–water partition coefficient (Wildman–Crippen LogP) is 2.10. The summed E-state index contributed by atoms with van der Waals surface area (Å²) in [7, 11) is 0. The highest BCUT2D eigenvalue weighted by Crippen LogP contribution is 2.59. The lowest BCUT2D eigenvalue weighted by molar-refractivity contribution is -0.231. The highest BCUT2D eigenvalue weighted by atomic mass is 79.9. The van der Waals surface area contributed by atoms with E-state index in [9.17, 15) is 19.2 Å². The number of benzene rings is 1. The van der Waals surface area contributed by atoms with Gasteiger partial charge in [-0.15, -0.1) is 0 Å². The summed E-state index contributed by atoms with van der Waals surface area (Å²) in [6.07, 6.45) is 1.71. The van der Waals surface area contributed by atoms with Gasteiger partial charge in [-0.05, 0) is 41.1 Å². The molecule has 0 N–H and O–H groups in total. The molecule has 2 bridgehead atoms. The zero-order valence-electron chi connectivity index (χ0n) is 15.9. The molecule has 2 fully saturated rings. The maximum Gasteiger partial charge on any atom is 0.305 e. The summed E-state index contributed by atoms with van der Waals surface area (Å²) in [6, 6.07) is 6.87. The predicted molar refractivity (Wildman–Crippen MR) is 102 cm³/mol. The normalized spacial score (nSPS) is 32.1. The number of halogens is 1. The molecular formula is C20H18BrNO7. The zero-order valence-corrected chi connectivity index (χ0v) is 17.5. The quantitative estimate of drug-likeness (QED) is 0.291. The molecule has 4 rings (SSSR count). The van der Waals surface area contributed by atoms with Crippen LogP contribution in [0.15, 0.2) is 40.9 Å². The van der Waals surface area contributed by atoms with E-state index in [4.69, 9.17) is 14.2 Å². The standard InChI is InChI=1S/C20H18BrNO7/c1-10(23)27-18(28-11(2)24)20-9-8-19(3,29-20)14-15(20)17(26)22(16(14)25)13-7-5-4-6-12(13)21/h4-9,14-15,18H,1-3H3/t14-,15-,19+,20-/m0/s1. The summed E-state index contributed by atoms with van der Waals surface area (Å²) in [4.78, 5) is 51.2. The molecule has 0 saturated carbocycles. The molecule has 1 aromatic rings. The Morgan fingerprint density at radius 3 is 2.24 bits per heavy atom. The highest BCUT2D eigenvalue weighted by Gasteiger charge is 2.76. The van der Waals surface area contributed by atoms with E-state index in [1.807, 2.05) is 0 Å². The third kappa shape index (κ3) is 2.75. The molecule has 3 aliphatic rings. The summed E-state index contributed by atoms with van der Waals surface area (Å²) in [5, 5.41) is 0. The van der Waals surface area contributed by atoms with Crippen molar-refractivity contribution < 1.29 is 33.4 Å². The number of anilines is 1. The number of hydrogen-bond donors (Lipinski definition) is 0. The van der Waals surface area contributed by atoms with Crippen molar-refractivity contribution in [3.05, 3.63) is 40.9 Å². The minimum atomic E-state index is -1.58. The Kier molecular flexibility index (Phi) is 4.43. The van der Waals surface area contributed by atoms with Crippen molar-refractivity contribution in [3.8, 4) is 0 Å². The van der Waals surface area contributed by atoms with Gasteiger partial charge in [0.25, 0.3) is 6.29 Å². The molecule has 9 heteroatoms. The number of nitrogens with zero attached hydrogens (tertiary/aromatic N) is 1. The summed E-state index contributed by atoms with van der Waals surface area (Å²) in [6.45, 7) is 4.00. The van der Waals surface area contributed by atoms with Gasteiger partial charge < -0.3 is 14.2 Å². The fraction of sp³-hybridized carbons (Fsp3) is 0.400. The lowest BCUT2D eigenvalue weighted by Crippen LogP contribution is -2.52. The fourth-order valence-electron chi connectivity index (χ4n) is 4.43. The smallest absolute Gasteiger partial charge is 0.305 e. The average Bonchev–Trinajstić information content (AvgIpc) is 3.21. The lowest BCUT2D eigenvalue weighted by Gasteiger charge is -2.34. The van der Waals surface area contributed by atoms with Gasteiger partial charge in [0.1, 0.15) is 0 Å². The number of carbonyl (C=O) groups is 4. The maximum absolute atomic E-state index is 13.5. The third-order valence-corrected chi connectivity index (χ3v) is 6.16. The van der Waals surface area contributed by atoms with Crippen LogP contribution in [0.4, 0.5) is 5.69 Å². The van der Waals surface area contributed by atoms with E-state index >= 15 is 0 Å². The fourth-order valence-corrected chi connectivity index (χ4v) is 4.90. The van der Waals surface area contributed by atoms with Gasteiger partial charge in [-0.1, -0.05) is 18.2 Å².